The number of ether oxygens (including phenoxy) is 1. The Morgan fingerprint density at radius 2 is 1.62 bits per heavy atom. The zero-order valence-corrected chi connectivity index (χ0v) is 16.3. The van der Waals surface area contributed by atoms with Crippen LogP contribution in [0.2, 0.25) is 0 Å². The molecular formula is C23H25N3O3. The highest BCUT2D eigenvalue weighted by molar-refractivity contribution is 5.78. The van der Waals surface area contributed by atoms with Gasteiger partial charge in [0.2, 0.25) is 5.91 Å². The molecule has 0 atom stereocenters. The maximum absolute atomic E-state index is 12.0. The third-order valence-corrected chi connectivity index (χ3v) is 4.70. The largest absolute Gasteiger partial charge is 0.484 e. The molecule has 1 fully saturated rings. The molecule has 6 nitrogen and oxygen atoms in total. The van der Waals surface area contributed by atoms with Gasteiger partial charge < -0.3 is 15.4 Å². The Morgan fingerprint density at radius 3 is 2.28 bits per heavy atom. The summed E-state index contributed by atoms with van der Waals surface area (Å²) >= 11 is 0. The van der Waals surface area contributed by atoms with Gasteiger partial charge in [-0.2, -0.15) is 5.26 Å². The van der Waals surface area contributed by atoms with Crippen molar-refractivity contribution in [3.05, 3.63) is 65.2 Å². The van der Waals surface area contributed by atoms with Crippen LogP contribution in [0, 0.1) is 11.3 Å². The number of rotatable bonds is 10. The summed E-state index contributed by atoms with van der Waals surface area (Å²) in [5.41, 5.74) is 2.75. The Kier molecular flexibility index (Phi) is 7.23. The molecule has 0 aliphatic heterocycles. The van der Waals surface area contributed by atoms with Gasteiger partial charge in [-0.1, -0.05) is 24.3 Å². The van der Waals surface area contributed by atoms with Crippen molar-refractivity contribution < 1.29 is 14.3 Å². The minimum absolute atomic E-state index is 0.0102. The highest BCUT2D eigenvalue weighted by atomic mass is 16.5. The Hall–Kier alpha value is -3.33. The number of aryl methyl sites for hydroxylation is 1. The maximum atomic E-state index is 12.0. The highest BCUT2D eigenvalue weighted by Gasteiger charge is 2.23. The second-order valence-electron chi connectivity index (χ2n) is 7.18. The average molecular weight is 391 g/mol. The van der Waals surface area contributed by atoms with Gasteiger partial charge in [-0.25, -0.2) is 0 Å². The van der Waals surface area contributed by atoms with Crippen LogP contribution in [0.4, 0.5) is 0 Å². The van der Waals surface area contributed by atoms with E-state index in [9.17, 15) is 9.59 Å². The van der Waals surface area contributed by atoms with Crippen molar-refractivity contribution >= 4 is 11.8 Å². The molecule has 1 aliphatic rings. The van der Waals surface area contributed by atoms with Crippen LogP contribution in [-0.4, -0.2) is 31.0 Å². The van der Waals surface area contributed by atoms with Gasteiger partial charge in [0.15, 0.2) is 6.61 Å². The molecule has 2 amide bonds. The number of carbonyl (C=O) groups is 2. The molecule has 0 heterocycles. The molecule has 3 rings (SSSR count). The molecular weight excluding hydrogens is 366 g/mol. The topological polar surface area (TPSA) is 91.2 Å². The van der Waals surface area contributed by atoms with Gasteiger partial charge in [-0.15, -0.1) is 0 Å². The molecule has 0 saturated heterocycles. The number of nitriles is 1. The van der Waals surface area contributed by atoms with E-state index >= 15 is 0 Å². The number of nitrogens with zero attached hydrogens (tertiary/aromatic N) is 1. The lowest BCUT2D eigenvalue weighted by atomic mass is 10.1. The van der Waals surface area contributed by atoms with Crippen molar-refractivity contribution in [3.63, 3.8) is 0 Å². The number of hydrogen-bond acceptors (Lipinski definition) is 4. The molecule has 2 aromatic carbocycles. The lowest BCUT2D eigenvalue weighted by Gasteiger charge is -2.08. The van der Waals surface area contributed by atoms with Crippen LogP contribution < -0.4 is 15.4 Å². The average Bonchev–Trinajstić information content (AvgIpc) is 3.56. The second kappa shape index (κ2) is 10.3. The maximum Gasteiger partial charge on any atom is 0.258 e. The highest BCUT2D eigenvalue weighted by Crippen LogP contribution is 2.18. The van der Waals surface area contributed by atoms with E-state index in [1.165, 1.54) is 0 Å². The monoisotopic (exact) mass is 391 g/mol. The Morgan fingerprint density at radius 1 is 0.966 bits per heavy atom. The van der Waals surface area contributed by atoms with E-state index in [2.05, 4.69) is 16.7 Å². The summed E-state index contributed by atoms with van der Waals surface area (Å²) < 4.78 is 5.48. The molecule has 29 heavy (non-hydrogen) atoms. The second-order valence-corrected chi connectivity index (χ2v) is 7.18. The summed E-state index contributed by atoms with van der Waals surface area (Å²) in [5.74, 6) is 0.586. The standard InChI is InChI=1S/C23H25N3O3/c24-15-19-3-1-17(2-4-19)7-12-22(27)25-14-13-18-5-10-21(11-6-18)29-16-23(28)26-20-8-9-20/h1-6,10-11,20H,7-9,12-14,16H2,(H,25,27)(H,26,28). The number of carbonyl (C=O) groups excluding carboxylic acids is 2. The molecule has 0 aromatic heterocycles. The molecule has 0 unspecified atom stereocenters. The summed E-state index contributed by atoms with van der Waals surface area (Å²) in [6.45, 7) is 0.599. The summed E-state index contributed by atoms with van der Waals surface area (Å²) in [5, 5.41) is 14.6. The summed E-state index contributed by atoms with van der Waals surface area (Å²) in [7, 11) is 0. The normalized spacial score (nSPS) is 12.7. The SMILES string of the molecule is N#Cc1ccc(CCC(=O)NCCc2ccc(OCC(=O)NC3CC3)cc2)cc1. The van der Waals surface area contributed by atoms with Crippen LogP contribution in [0.15, 0.2) is 48.5 Å². The van der Waals surface area contributed by atoms with Crippen LogP contribution in [0.3, 0.4) is 0 Å². The summed E-state index contributed by atoms with van der Waals surface area (Å²) in [6, 6.07) is 17.3. The molecule has 6 heteroatoms. The number of hydrogen-bond donors (Lipinski definition) is 2. The van der Waals surface area contributed by atoms with Crippen molar-refractivity contribution in [2.24, 2.45) is 0 Å². The van der Waals surface area contributed by atoms with E-state index in [0.717, 1.165) is 30.4 Å². The fraction of sp³-hybridized carbons (Fsp3) is 0.348. The Bertz CT molecular complexity index is 866. The molecule has 2 aromatic rings. The van der Waals surface area contributed by atoms with E-state index in [-0.39, 0.29) is 18.4 Å². The quantitative estimate of drug-likeness (QED) is 0.651. The van der Waals surface area contributed by atoms with Crippen molar-refractivity contribution in [3.8, 4) is 11.8 Å². The minimum Gasteiger partial charge on any atom is -0.484 e. The molecule has 0 radical (unpaired) electrons. The van der Waals surface area contributed by atoms with E-state index in [4.69, 9.17) is 10.00 Å². The van der Waals surface area contributed by atoms with Gasteiger partial charge in [0.25, 0.3) is 5.91 Å². The smallest absolute Gasteiger partial charge is 0.258 e. The number of amides is 2. The van der Waals surface area contributed by atoms with Gasteiger partial charge in [-0.3, -0.25) is 9.59 Å². The third kappa shape index (κ3) is 7.30. The van der Waals surface area contributed by atoms with E-state index in [1.54, 1.807) is 12.1 Å². The summed E-state index contributed by atoms with van der Waals surface area (Å²) in [4.78, 5) is 23.6. The van der Waals surface area contributed by atoms with Crippen LogP contribution in [0.5, 0.6) is 5.75 Å². The number of benzene rings is 2. The lowest BCUT2D eigenvalue weighted by molar-refractivity contribution is -0.123. The Labute approximate surface area is 170 Å². The molecule has 0 spiro atoms. The van der Waals surface area contributed by atoms with Crippen molar-refractivity contribution in [1.82, 2.24) is 10.6 Å². The zero-order valence-electron chi connectivity index (χ0n) is 16.3. The third-order valence-electron chi connectivity index (χ3n) is 4.70. The summed E-state index contributed by atoms with van der Waals surface area (Å²) in [6.07, 6.45) is 3.92. The van der Waals surface area contributed by atoms with E-state index in [0.29, 0.717) is 36.7 Å². The van der Waals surface area contributed by atoms with Crippen molar-refractivity contribution in [2.45, 2.75) is 38.1 Å². The fourth-order valence-corrected chi connectivity index (χ4v) is 2.84. The van der Waals surface area contributed by atoms with Crippen LogP contribution in [-0.2, 0) is 22.4 Å². The minimum atomic E-state index is -0.0831. The van der Waals surface area contributed by atoms with Gasteiger partial charge in [-0.05, 0) is 61.1 Å². The first-order valence-electron chi connectivity index (χ1n) is 9.89. The van der Waals surface area contributed by atoms with Crippen molar-refractivity contribution in [1.29, 1.82) is 5.26 Å². The fourth-order valence-electron chi connectivity index (χ4n) is 2.84. The first-order valence-corrected chi connectivity index (χ1v) is 9.89. The predicted octanol–water partition coefficient (Wildman–Crippen LogP) is 2.51. The van der Waals surface area contributed by atoms with Crippen LogP contribution in [0.25, 0.3) is 0 Å². The molecule has 2 N–H and O–H groups in total. The van der Waals surface area contributed by atoms with Crippen LogP contribution in [0.1, 0.15) is 36.0 Å². The van der Waals surface area contributed by atoms with Gasteiger partial charge in [0.1, 0.15) is 5.75 Å². The first-order chi connectivity index (χ1) is 14.1. The molecule has 1 saturated carbocycles. The first kappa shape index (κ1) is 20.4. The van der Waals surface area contributed by atoms with Crippen molar-refractivity contribution in [2.75, 3.05) is 13.2 Å². The van der Waals surface area contributed by atoms with Gasteiger partial charge >= 0.3 is 0 Å². The predicted molar refractivity (Wildman–Crippen MR) is 109 cm³/mol. The molecule has 0 bridgehead atoms. The Balaban J connectivity index is 1.31. The van der Waals surface area contributed by atoms with Crippen LogP contribution >= 0.6 is 0 Å². The van der Waals surface area contributed by atoms with Gasteiger partial charge in [0, 0.05) is 19.0 Å². The van der Waals surface area contributed by atoms with E-state index < -0.39 is 0 Å². The van der Waals surface area contributed by atoms with E-state index in [1.807, 2.05) is 36.4 Å². The molecule has 150 valence electrons. The number of nitrogens with one attached hydrogen (secondary N) is 2. The lowest BCUT2D eigenvalue weighted by Crippen LogP contribution is -2.30. The zero-order chi connectivity index (χ0) is 20.5. The molecule has 1 aliphatic carbocycles. The van der Waals surface area contributed by atoms with Gasteiger partial charge in [0.05, 0.1) is 11.6 Å².